The third-order valence-corrected chi connectivity index (χ3v) is 4.08. The minimum atomic E-state index is -0.241. The highest BCUT2D eigenvalue weighted by Gasteiger charge is 2.25. The summed E-state index contributed by atoms with van der Waals surface area (Å²) in [5.41, 5.74) is 1.11. The van der Waals surface area contributed by atoms with E-state index in [4.69, 9.17) is 4.74 Å². The minimum Gasteiger partial charge on any atom is -0.493 e. The topological polar surface area (TPSA) is 58.6 Å². The Morgan fingerprint density at radius 2 is 2.19 bits per heavy atom. The monoisotopic (exact) mass is 291 g/mol. The number of carbonyl (C=O) groups excluding carboxylic acids is 1. The summed E-state index contributed by atoms with van der Waals surface area (Å²) in [5.74, 6) is 1.16. The number of nitrogens with one attached hydrogen (secondary N) is 1. The van der Waals surface area contributed by atoms with E-state index in [1.54, 1.807) is 0 Å². The van der Waals surface area contributed by atoms with Crippen LogP contribution in [0.2, 0.25) is 0 Å². The van der Waals surface area contributed by atoms with Crippen molar-refractivity contribution in [3.63, 3.8) is 0 Å². The van der Waals surface area contributed by atoms with Crippen molar-refractivity contribution >= 4 is 5.91 Å². The van der Waals surface area contributed by atoms with Gasteiger partial charge in [0.2, 0.25) is 5.91 Å². The first-order chi connectivity index (χ1) is 10.2. The van der Waals surface area contributed by atoms with Crippen LogP contribution in [0.25, 0.3) is 0 Å². The Labute approximate surface area is 126 Å². The van der Waals surface area contributed by atoms with Crippen LogP contribution >= 0.6 is 0 Å². The first kappa shape index (κ1) is 15.8. The number of aliphatic hydroxyl groups is 1. The smallest absolute Gasteiger partial charge is 0.220 e. The van der Waals surface area contributed by atoms with Gasteiger partial charge in [0.15, 0.2) is 0 Å². The standard InChI is InChI=1S/C17H25NO3/c1-13-6-2-3-9-16(13)21-11-5-10-17(20)18-12-14-7-4-8-15(14)19/h2-3,6,9,14-15,19H,4-5,7-8,10-12H2,1H3,(H,18,20). The molecule has 2 atom stereocenters. The average Bonchev–Trinajstić information content (AvgIpc) is 2.88. The summed E-state index contributed by atoms with van der Waals surface area (Å²) < 4.78 is 5.66. The molecule has 0 heterocycles. The molecule has 1 aromatic carbocycles. The lowest BCUT2D eigenvalue weighted by Crippen LogP contribution is -2.32. The molecule has 1 amide bonds. The van der Waals surface area contributed by atoms with E-state index < -0.39 is 0 Å². The summed E-state index contributed by atoms with van der Waals surface area (Å²) in [6.45, 7) is 3.15. The molecule has 1 aromatic rings. The van der Waals surface area contributed by atoms with E-state index in [2.05, 4.69) is 5.32 Å². The van der Waals surface area contributed by atoms with Gasteiger partial charge in [-0.15, -0.1) is 0 Å². The van der Waals surface area contributed by atoms with Gasteiger partial charge >= 0.3 is 0 Å². The van der Waals surface area contributed by atoms with Crippen LogP contribution < -0.4 is 10.1 Å². The van der Waals surface area contributed by atoms with Crippen LogP contribution in [0.15, 0.2) is 24.3 Å². The molecule has 2 N–H and O–H groups in total. The number of para-hydroxylation sites is 1. The largest absolute Gasteiger partial charge is 0.493 e. The molecule has 0 spiro atoms. The van der Waals surface area contributed by atoms with Crippen LogP contribution in [0.3, 0.4) is 0 Å². The molecule has 0 aliphatic heterocycles. The molecule has 116 valence electrons. The first-order valence-corrected chi connectivity index (χ1v) is 7.80. The number of carbonyl (C=O) groups is 1. The van der Waals surface area contributed by atoms with Crippen molar-refractivity contribution in [2.45, 2.75) is 45.1 Å². The fourth-order valence-corrected chi connectivity index (χ4v) is 2.72. The van der Waals surface area contributed by atoms with Crippen LogP contribution in [0.5, 0.6) is 5.75 Å². The van der Waals surface area contributed by atoms with Gasteiger partial charge in [-0.1, -0.05) is 24.6 Å². The lowest BCUT2D eigenvalue weighted by Gasteiger charge is -2.15. The van der Waals surface area contributed by atoms with Crippen LogP contribution in [0.4, 0.5) is 0 Å². The van der Waals surface area contributed by atoms with Crippen molar-refractivity contribution < 1.29 is 14.6 Å². The summed E-state index contributed by atoms with van der Waals surface area (Å²) in [6, 6.07) is 7.88. The highest BCUT2D eigenvalue weighted by Crippen LogP contribution is 2.24. The van der Waals surface area contributed by atoms with Crippen molar-refractivity contribution in [1.82, 2.24) is 5.32 Å². The van der Waals surface area contributed by atoms with Crippen LogP contribution in [0.1, 0.15) is 37.7 Å². The zero-order chi connectivity index (χ0) is 15.1. The Morgan fingerprint density at radius 1 is 1.38 bits per heavy atom. The zero-order valence-electron chi connectivity index (χ0n) is 12.7. The molecule has 2 rings (SSSR count). The number of aryl methyl sites for hydroxylation is 1. The van der Waals surface area contributed by atoms with Crippen molar-refractivity contribution in [2.75, 3.05) is 13.2 Å². The Morgan fingerprint density at radius 3 is 2.90 bits per heavy atom. The fraction of sp³-hybridized carbons (Fsp3) is 0.588. The quantitative estimate of drug-likeness (QED) is 0.759. The van der Waals surface area contributed by atoms with Gasteiger partial charge in [0, 0.05) is 18.9 Å². The Kier molecular flexibility index (Phi) is 6.05. The molecule has 0 radical (unpaired) electrons. The SMILES string of the molecule is Cc1ccccc1OCCCC(=O)NCC1CCCC1O. The average molecular weight is 291 g/mol. The number of amides is 1. The predicted molar refractivity (Wildman–Crippen MR) is 82.3 cm³/mol. The van der Waals surface area contributed by atoms with E-state index in [0.29, 0.717) is 26.0 Å². The van der Waals surface area contributed by atoms with Gasteiger partial charge in [-0.2, -0.15) is 0 Å². The van der Waals surface area contributed by atoms with Gasteiger partial charge in [-0.05, 0) is 37.8 Å². The molecule has 2 unspecified atom stereocenters. The molecule has 1 aliphatic carbocycles. The number of rotatable bonds is 7. The van der Waals surface area contributed by atoms with E-state index in [1.807, 2.05) is 31.2 Å². The second-order valence-electron chi connectivity index (χ2n) is 5.78. The van der Waals surface area contributed by atoms with Crippen molar-refractivity contribution in [3.8, 4) is 5.75 Å². The molecule has 1 fully saturated rings. The van der Waals surface area contributed by atoms with Gasteiger partial charge in [-0.3, -0.25) is 4.79 Å². The zero-order valence-corrected chi connectivity index (χ0v) is 12.7. The molecule has 4 heteroatoms. The van der Waals surface area contributed by atoms with E-state index >= 15 is 0 Å². The summed E-state index contributed by atoms with van der Waals surface area (Å²) >= 11 is 0. The first-order valence-electron chi connectivity index (χ1n) is 7.80. The number of ether oxygens (including phenoxy) is 1. The highest BCUT2D eigenvalue weighted by atomic mass is 16.5. The maximum Gasteiger partial charge on any atom is 0.220 e. The molecule has 1 aliphatic rings. The molecule has 0 bridgehead atoms. The second-order valence-corrected chi connectivity index (χ2v) is 5.78. The molecular formula is C17H25NO3. The number of aliphatic hydroxyl groups excluding tert-OH is 1. The summed E-state index contributed by atoms with van der Waals surface area (Å²) in [6.07, 6.45) is 3.87. The highest BCUT2D eigenvalue weighted by molar-refractivity contribution is 5.75. The Balaban J connectivity index is 1.58. The fourth-order valence-electron chi connectivity index (χ4n) is 2.72. The van der Waals surface area contributed by atoms with Gasteiger partial charge in [0.05, 0.1) is 12.7 Å². The maximum atomic E-state index is 11.7. The second kappa shape index (κ2) is 8.03. The molecule has 4 nitrogen and oxygen atoms in total. The van der Waals surface area contributed by atoms with E-state index in [1.165, 1.54) is 0 Å². The van der Waals surface area contributed by atoms with Crippen molar-refractivity contribution in [2.24, 2.45) is 5.92 Å². The van der Waals surface area contributed by atoms with Gasteiger partial charge < -0.3 is 15.2 Å². The van der Waals surface area contributed by atoms with E-state index in [9.17, 15) is 9.90 Å². The maximum absolute atomic E-state index is 11.7. The lowest BCUT2D eigenvalue weighted by molar-refractivity contribution is -0.121. The van der Waals surface area contributed by atoms with E-state index in [-0.39, 0.29) is 17.9 Å². The number of hydrogen-bond acceptors (Lipinski definition) is 3. The van der Waals surface area contributed by atoms with Gasteiger partial charge in [0.1, 0.15) is 5.75 Å². The third kappa shape index (κ3) is 5.05. The van der Waals surface area contributed by atoms with Crippen molar-refractivity contribution in [3.05, 3.63) is 29.8 Å². The van der Waals surface area contributed by atoms with E-state index in [0.717, 1.165) is 30.6 Å². The molecule has 21 heavy (non-hydrogen) atoms. The summed E-state index contributed by atoms with van der Waals surface area (Å²) in [7, 11) is 0. The third-order valence-electron chi connectivity index (χ3n) is 4.08. The number of hydrogen-bond donors (Lipinski definition) is 2. The van der Waals surface area contributed by atoms with Gasteiger partial charge in [-0.25, -0.2) is 0 Å². The molecule has 0 saturated heterocycles. The number of benzene rings is 1. The predicted octanol–water partition coefficient (Wildman–Crippen LogP) is 2.43. The van der Waals surface area contributed by atoms with Crippen LogP contribution in [0, 0.1) is 12.8 Å². The lowest BCUT2D eigenvalue weighted by atomic mass is 10.1. The molecular weight excluding hydrogens is 266 g/mol. The summed E-state index contributed by atoms with van der Waals surface area (Å²) in [5, 5.41) is 12.6. The summed E-state index contributed by atoms with van der Waals surface area (Å²) in [4.78, 5) is 11.7. The van der Waals surface area contributed by atoms with Crippen molar-refractivity contribution in [1.29, 1.82) is 0 Å². The molecule has 0 aromatic heterocycles. The molecule has 1 saturated carbocycles. The Bertz CT molecular complexity index is 461. The minimum absolute atomic E-state index is 0.0440. The van der Waals surface area contributed by atoms with Crippen LogP contribution in [-0.2, 0) is 4.79 Å². The Hall–Kier alpha value is -1.55. The van der Waals surface area contributed by atoms with Gasteiger partial charge in [0.25, 0.3) is 0 Å². The normalized spacial score (nSPS) is 21.2. The van der Waals surface area contributed by atoms with Crippen LogP contribution in [-0.4, -0.2) is 30.3 Å².